The molecule has 1 heterocycles. The van der Waals surface area contributed by atoms with Crippen molar-refractivity contribution >= 4 is 15.7 Å². The van der Waals surface area contributed by atoms with Gasteiger partial charge >= 0.3 is 0 Å². The molecule has 0 spiro atoms. The molecule has 1 saturated heterocycles. The van der Waals surface area contributed by atoms with Crippen LogP contribution >= 0.6 is 0 Å². The van der Waals surface area contributed by atoms with Crippen molar-refractivity contribution in [2.24, 2.45) is 0 Å². The van der Waals surface area contributed by atoms with Crippen LogP contribution in [0.2, 0.25) is 0 Å². The summed E-state index contributed by atoms with van der Waals surface area (Å²) in [6.45, 7) is 2.72. The first-order chi connectivity index (χ1) is 10.2. The van der Waals surface area contributed by atoms with Crippen LogP contribution in [0.1, 0.15) is 0 Å². The van der Waals surface area contributed by atoms with Gasteiger partial charge < -0.3 is 17.3 Å². The number of para-hydroxylation sites is 1. The lowest BCUT2D eigenvalue weighted by Crippen LogP contribution is -3.10. The highest BCUT2D eigenvalue weighted by atomic mass is 35.5. The van der Waals surface area contributed by atoms with E-state index < -0.39 is 10.0 Å². The highest BCUT2D eigenvalue weighted by Crippen LogP contribution is 2.15. The van der Waals surface area contributed by atoms with Crippen molar-refractivity contribution in [3.63, 3.8) is 0 Å². The summed E-state index contributed by atoms with van der Waals surface area (Å²) in [6.07, 6.45) is 0. The molecule has 3 rings (SSSR count). The van der Waals surface area contributed by atoms with Gasteiger partial charge in [-0.2, -0.15) is 4.31 Å². The van der Waals surface area contributed by atoms with Gasteiger partial charge in [0.25, 0.3) is 0 Å². The summed E-state index contributed by atoms with van der Waals surface area (Å²) in [5.74, 6) is 0. The Kier molecular flexibility index (Phi) is 5.58. The molecule has 1 fully saturated rings. The Bertz CT molecular complexity index is 685. The van der Waals surface area contributed by atoms with Crippen LogP contribution in [-0.2, 0) is 10.0 Å². The largest absolute Gasteiger partial charge is 1.00 e. The number of nitrogens with one attached hydrogen (secondary N) is 1. The van der Waals surface area contributed by atoms with Gasteiger partial charge in [0.15, 0.2) is 0 Å². The van der Waals surface area contributed by atoms with Gasteiger partial charge in [-0.3, -0.25) is 0 Å². The van der Waals surface area contributed by atoms with Crippen molar-refractivity contribution in [3.8, 4) is 0 Å². The van der Waals surface area contributed by atoms with Gasteiger partial charge in [0.05, 0.1) is 31.1 Å². The molecule has 4 nitrogen and oxygen atoms in total. The number of quaternary nitrogens is 1. The Morgan fingerprint density at radius 1 is 0.818 bits per heavy atom. The maximum atomic E-state index is 12.5. The van der Waals surface area contributed by atoms with Gasteiger partial charge in [-0.05, 0) is 24.3 Å². The molecule has 0 atom stereocenters. The maximum absolute atomic E-state index is 12.5. The van der Waals surface area contributed by atoms with Crippen LogP contribution < -0.4 is 17.3 Å². The predicted molar refractivity (Wildman–Crippen MR) is 82.0 cm³/mol. The second-order valence-corrected chi connectivity index (χ2v) is 7.12. The molecule has 0 aromatic heterocycles. The number of nitrogens with zero attached hydrogens (tertiary/aromatic N) is 1. The van der Waals surface area contributed by atoms with E-state index in [1.54, 1.807) is 28.6 Å². The van der Waals surface area contributed by atoms with E-state index >= 15 is 0 Å². The fourth-order valence-electron chi connectivity index (χ4n) is 2.70. The Hall–Kier alpha value is -1.40. The Labute approximate surface area is 137 Å². The zero-order chi connectivity index (χ0) is 14.7. The number of sulfonamides is 1. The number of rotatable bonds is 3. The maximum Gasteiger partial charge on any atom is 0.243 e. The van der Waals surface area contributed by atoms with E-state index in [1.165, 1.54) is 10.6 Å². The molecule has 0 aliphatic carbocycles. The lowest BCUT2D eigenvalue weighted by atomic mass is 10.2. The third-order valence-corrected chi connectivity index (χ3v) is 5.80. The fraction of sp³-hybridized carbons (Fsp3) is 0.250. The van der Waals surface area contributed by atoms with Gasteiger partial charge in [0.1, 0.15) is 5.69 Å². The zero-order valence-corrected chi connectivity index (χ0v) is 13.7. The molecule has 1 aliphatic heterocycles. The summed E-state index contributed by atoms with van der Waals surface area (Å²) >= 11 is 0. The van der Waals surface area contributed by atoms with Crippen molar-refractivity contribution in [3.05, 3.63) is 60.7 Å². The molecule has 2 aromatic carbocycles. The minimum atomic E-state index is -3.35. The third-order valence-electron chi connectivity index (χ3n) is 3.89. The molecule has 0 amide bonds. The van der Waals surface area contributed by atoms with Crippen molar-refractivity contribution < 1.29 is 25.7 Å². The number of piperazine rings is 1. The summed E-state index contributed by atoms with van der Waals surface area (Å²) in [5, 5.41) is 0. The summed E-state index contributed by atoms with van der Waals surface area (Å²) in [7, 11) is -3.35. The fourth-order valence-corrected chi connectivity index (χ4v) is 4.16. The van der Waals surface area contributed by atoms with Gasteiger partial charge in [0, 0.05) is 0 Å². The predicted octanol–water partition coefficient (Wildman–Crippen LogP) is -2.09. The second kappa shape index (κ2) is 7.24. The van der Waals surface area contributed by atoms with Crippen LogP contribution in [0.4, 0.5) is 5.69 Å². The molecule has 0 unspecified atom stereocenters. The van der Waals surface area contributed by atoms with Crippen LogP contribution in [0, 0.1) is 0 Å². The minimum Gasteiger partial charge on any atom is -1.00 e. The number of hydrogen-bond acceptors (Lipinski definition) is 2. The van der Waals surface area contributed by atoms with Crippen molar-refractivity contribution in [1.29, 1.82) is 0 Å². The number of halogens is 1. The molecule has 1 N–H and O–H groups in total. The first-order valence-electron chi connectivity index (χ1n) is 7.13. The lowest BCUT2D eigenvalue weighted by molar-refractivity contribution is -0.837. The van der Waals surface area contributed by atoms with Gasteiger partial charge in [0.2, 0.25) is 10.0 Å². The molecule has 0 bridgehead atoms. The minimum absolute atomic E-state index is 0. The summed E-state index contributed by atoms with van der Waals surface area (Å²) in [4.78, 5) is 1.73. The molecular formula is C16H19ClN2O2S. The van der Waals surface area contributed by atoms with E-state index in [0.717, 1.165) is 13.1 Å². The standard InChI is InChI=1S/C16H18N2O2S.ClH/c19-21(20,16-9-5-2-6-10-16)18-13-11-17(12-14-18)15-7-3-1-4-8-15;/h1-10H,11-14H2;1H. The SMILES string of the molecule is O=S(=O)(c1ccccc1)N1CC[NH+](c2ccccc2)CC1.[Cl-]. The highest BCUT2D eigenvalue weighted by molar-refractivity contribution is 7.89. The average molecular weight is 339 g/mol. The molecule has 22 heavy (non-hydrogen) atoms. The molecule has 1 aliphatic rings. The van der Waals surface area contributed by atoms with Crippen molar-refractivity contribution in [1.82, 2.24) is 4.31 Å². The van der Waals surface area contributed by atoms with E-state index in [1.807, 2.05) is 24.3 Å². The monoisotopic (exact) mass is 338 g/mol. The summed E-state index contributed by atoms with van der Waals surface area (Å²) in [5.41, 5.74) is 1.23. The Morgan fingerprint density at radius 2 is 1.32 bits per heavy atom. The molecule has 118 valence electrons. The van der Waals surface area contributed by atoms with Crippen LogP contribution in [-0.4, -0.2) is 38.9 Å². The van der Waals surface area contributed by atoms with E-state index in [9.17, 15) is 8.42 Å². The summed E-state index contributed by atoms with van der Waals surface area (Å²) in [6, 6.07) is 18.9. The molecule has 2 aromatic rings. The van der Waals surface area contributed by atoms with Gasteiger partial charge in [-0.25, -0.2) is 8.42 Å². The smallest absolute Gasteiger partial charge is 0.243 e. The highest BCUT2D eigenvalue weighted by Gasteiger charge is 2.30. The van der Waals surface area contributed by atoms with E-state index in [4.69, 9.17) is 0 Å². The molecule has 0 saturated carbocycles. The third kappa shape index (κ3) is 3.50. The normalized spacial score (nSPS) is 16.9. The number of benzene rings is 2. The molecule has 6 heteroatoms. The van der Waals surface area contributed by atoms with Crippen molar-refractivity contribution in [2.75, 3.05) is 26.2 Å². The number of hydrogen-bond donors (Lipinski definition) is 1. The Balaban J connectivity index is 0.00000176. The first kappa shape index (κ1) is 17.0. The molecular weight excluding hydrogens is 320 g/mol. The van der Waals surface area contributed by atoms with E-state index in [0.29, 0.717) is 18.0 Å². The van der Waals surface area contributed by atoms with Crippen LogP contribution in [0.3, 0.4) is 0 Å². The Morgan fingerprint density at radius 3 is 1.86 bits per heavy atom. The second-order valence-electron chi connectivity index (χ2n) is 5.19. The topological polar surface area (TPSA) is 41.8 Å². The van der Waals surface area contributed by atoms with Gasteiger partial charge in [-0.1, -0.05) is 36.4 Å². The van der Waals surface area contributed by atoms with Crippen LogP contribution in [0.25, 0.3) is 0 Å². The van der Waals surface area contributed by atoms with Crippen molar-refractivity contribution in [2.45, 2.75) is 4.90 Å². The average Bonchev–Trinajstić information content (AvgIpc) is 2.57. The van der Waals surface area contributed by atoms with E-state index in [-0.39, 0.29) is 12.4 Å². The first-order valence-corrected chi connectivity index (χ1v) is 8.57. The van der Waals surface area contributed by atoms with Gasteiger partial charge in [-0.15, -0.1) is 0 Å². The zero-order valence-electron chi connectivity index (χ0n) is 12.2. The quantitative estimate of drug-likeness (QED) is 0.697. The molecule has 0 radical (unpaired) electrons. The lowest BCUT2D eigenvalue weighted by Gasteiger charge is -2.31. The summed E-state index contributed by atoms with van der Waals surface area (Å²) < 4.78 is 26.7. The van der Waals surface area contributed by atoms with Crippen LogP contribution in [0.5, 0.6) is 0 Å². The van der Waals surface area contributed by atoms with E-state index in [2.05, 4.69) is 12.1 Å². The van der Waals surface area contributed by atoms with Crippen LogP contribution in [0.15, 0.2) is 65.6 Å².